The summed E-state index contributed by atoms with van der Waals surface area (Å²) in [5, 5.41) is 7.65. The average Bonchev–Trinajstić information content (AvgIpc) is 1.78. The fraction of sp³-hybridized carbons (Fsp3) is 0.0758. The third-order valence-corrected chi connectivity index (χ3v) is 13.0. The number of halogens is 12. The smallest absolute Gasteiger partial charge is 0.415 e. The first kappa shape index (κ1) is 61.8. The molecule has 4 heterocycles. The van der Waals surface area contributed by atoms with E-state index < -0.39 is 47.0 Å². The van der Waals surface area contributed by atoms with Crippen LogP contribution in [-0.2, 0) is 44.8 Å². The van der Waals surface area contributed by atoms with Gasteiger partial charge in [-0.2, -0.15) is 89.1 Å². The number of imidazole rings is 2. The van der Waals surface area contributed by atoms with Crippen molar-refractivity contribution in [1.82, 2.24) is 29.3 Å². The minimum absolute atomic E-state index is 0. The summed E-state index contributed by atoms with van der Waals surface area (Å²) >= 11 is 0. The molecule has 0 atom stereocenters. The van der Waals surface area contributed by atoms with Crippen molar-refractivity contribution in [3.8, 4) is 79.3 Å². The van der Waals surface area contributed by atoms with Gasteiger partial charge < -0.3 is 19.2 Å². The van der Waals surface area contributed by atoms with E-state index in [1.165, 1.54) is 42.5 Å². The van der Waals surface area contributed by atoms with Crippen LogP contribution < -0.4 is 14.2 Å². The minimum Gasteiger partial charge on any atom is -0.421 e. The molecular weight excluding hydrogens is 1320 g/mol. The van der Waals surface area contributed by atoms with Gasteiger partial charge in [0.15, 0.2) is 0 Å². The van der Waals surface area contributed by atoms with Gasteiger partial charge in [-0.25, -0.2) is 0 Å². The Labute approximate surface area is 503 Å². The number of rotatable bonds is 9. The van der Waals surface area contributed by atoms with Gasteiger partial charge in [0, 0.05) is 32.1 Å². The molecule has 21 heteroatoms. The van der Waals surface area contributed by atoms with E-state index in [9.17, 15) is 52.7 Å². The van der Waals surface area contributed by atoms with E-state index in [0.29, 0.717) is 56.7 Å². The van der Waals surface area contributed by atoms with Crippen LogP contribution in [0, 0.1) is 31.7 Å². The molecule has 0 unspecified atom stereocenters. The zero-order valence-electron chi connectivity index (χ0n) is 44.9. The van der Waals surface area contributed by atoms with Crippen molar-refractivity contribution in [2.24, 2.45) is 0 Å². The summed E-state index contributed by atoms with van der Waals surface area (Å²) in [5.74, 6) is 1.27. The van der Waals surface area contributed by atoms with Crippen molar-refractivity contribution in [2.75, 3.05) is 0 Å². The van der Waals surface area contributed by atoms with Crippen LogP contribution in [0.1, 0.15) is 28.1 Å². The molecule has 0 aliphatic carbocycles. The Kier molecular flexibility index (Phi) is 18.4. The minimum atomic E-state index is -4.59. The Morgan fingerprint density at radius 1 is 0.414 bits per heavy atom. The fourth-order valence-corrected chi connectivity index (χ4v) is 9.08. The van der Waals surface area contributed by atoms with Gasteiger partial charge >= 0.3 is 24.7 Å². The van der Waals surface area contributed by atoms with Gasteiger partial charge in [0.2, 0.25) is 0 Å². The number of benzene rings is 8. The number of alkyl halides is 12. The molecule has 441 valence electrons. The monoisotopic (exact) mass is 1370 g/mol. The first-order chi connectivity index (χ1) is 41.1. The number of nitrogens with zero attached hydrogens (tertiary/aromatic N) is 8. The van der Waals surface area contributed by atoms with Crippen LogP contribution in [0.2, 0.25) is 0 Å². The Balaban J connectivity index is 0.000000172. The van der Waals surface area contributed by atoms with Gasteiger partial charge in [-0.05, 0) is 82.8 Å². The Morgan fingerprint density at radius 2 is 0.782 bits per heavy atom. The van der Waals surface area contributed by atoms with Gasteiger partial charge in [-0.3, -0.25) is 19.2 Å². The number of hydrogen-bond acceptors (Lipinski definition) is 3. The molecule has 8 nitrogen and oxygen atoms in total. The van der Waals surface area contributed by atoms with E-state index in [4.69, 9.17) is 0 Å². The average molecular weight is 1370 g/mol. The SMILES string of the molecule is Cc1n[n-]c(-c2ccccn2)n1.FC(F)(F)c1cc[c-]c(-n2[c-][n+](-c3cccc(C(F)(F)F)c3)c(-c3ccccc3)c2-c2ccccc2)c1.FC(F)(F)c1cc[c-]c(-n2[c-][n+](-c3cccc(C(F)(F)F)c3)c(-c3ccccc3)c2-c2ccccc2)c1.[Ir]. The van der Waals surface area contributed by atoms with E-state index in [1.54, 1.807) is 134 Å². The third-order valence-electron chi connectivity index (χ3n) is 13.0. The van der Waals surface area contributed by atoms with Gasteiger partial charge in [0.1, 0.15) is 0 Å². The maximum Gasteiger partial charge on any atom is 0.415 e. The summed E-state index contributed by atoms with van der Waals surface area (Å²) in [6.45, 7) is 1.80. The second-order valence-corrected chi connectivity index (χ2v) is 18.8. The number of aromatic nitrogens is 8. The molecule has 0 spiro atoms. The van der Waals surface area contributed by atoms with E-state index in [0.717, 1.165) is 66.4 Å². The van der Waals surface area contributed by atoms with Crippen molar-refractivity contribution in [3.05, 3.63) is 284 Å². The molecule has 12 aromatic rings. The van der Waals surface area contributed by atoms with Gasteiger partial charge in [-0.1, -0.05) is 163 Å². The van der Waals surface area contributed by atoms with Crippen LogP contribution in [0.15, 0.2) is 231 Å². The van der Waals surface area contributed by atoms with Crippen LogP contribution in [-0.4, -0.2) is 24.2 Å². The quantitative estimate of drug-likeness (QED) is 0.0820. The van der Waals surface area contributed by atoms with Crippen molar-refractivity contribution in [1.29, 1.82) is 0 Å². The number of pyridine rings is 1. The molecular formula is C66H41F12IrN8-3. The second-order valence-electron chi connectivity index (χ2n) is 18.8. The number of aryl methyl sites for hydroxylation is 1. The van der Waals surface area contributed by atoms with E-state index in [-0.39, 0.29) is 42.9 Å². The maximum atomic E-state index is 13.5. The van der Waals surface area contributed by atoms with Crippen LogP contribution >= 0.6 is 0 Å². The molecule has 12 rings (SSSR count). The largest absolute Gasteiger partial charge is 0.421 e. The molecule has 0 bridgehead atoms. The molecule has 0 amide bonds. The Bertz CT molecular complexity index is 3770. The zero-order valence-corrected chi connectivity index (χ0v) is 47.3. The first-order valence-electron chi connectivity index (χ1n) is 25.8. The van der Waals surface area contributed by atoms with Crippen molar-refractivity contribution in [2.45, 2.75) is 31.6 Å². The van der Waals surface area contributed by atoms with E-state index in [2.05, 4.69) is 45.0 Å². The van der Waals surface area contributed by atoms with Crippen LogP contribution in [0.5, 0.6) is 0 Å². The summed E-state index contributed by atoms with van der Waals surface area (Å²) in [4.78, 5) is 8.19. The van der Waals surface area contributed by atoms with Gasteiger partial charge in [0.25, 0.3) is 12.7 Å². The summed E-state index contributed by atoms with van der Waals surface area (Å²) in [6.07, 6.45) is -10.6. The zero-order chi connectivity index (χ0) is 60.8. The summed E-state index contributed by atoms with van der Waals surface area (Å²) in [7, 11) is 0. The summed E-state index contributed by atoms with van der Waals surface area (Å²) in [6, 6.07) is 62.3. The Morgan fingerprint density at radius 3 is 1.13 bits per heavy atom. The molecule has 0 aliphatic rings. The Hall–Kier alpha value is -9.72. The van der Waals surface area contributed by atoms with Crippen LogP contribution in [0.3, 0.4) is 0 Å². The standard InChI is InChI=1S/2C29H17F6N2.C8H7N4.Ir/c2*30-28(31,32)22-13-7-15-24(17-22)36-19-37(25-16-8-14-23(18-25)29(33,34)35)27(21-11-5-2-6-12-21)26(36)20-9-3-1-4-10-20;1-6-10-8(12-11-6)7-4-2-3-5-9-7;/h2*1-15,17-18H;2-5H,1H3;/q3*-1;. The molecule has 1 radical (unpaired) electrons. The van der Waals surface area contributed by atoms with Crippen molar-refractivity contribution >= 4 is 0 Å². The molecule has 0 saturated heterocycles. The maximum absolute atomic E-state index is 13.5. The summed E-state index contributed by atoms with van der Waals surface area (Å²) in [5.41, 5.74) is 2.01. The normalized spacial score (nSPS) is 11.6. The van der Waals surface area contributed by atoms with E-state index in [1.807, 2.05) is 18.2 Å². The first-order valence-corrected chi connectivity index (χ1v) is 25.8. The van der Waals surface area contributed by atoms with Crippen molar-refractivity contribution in [3.63, 3.8) is 0 Å². The molecule has 8 aromatic carbocycles. The third kappa shape index (κ3) is 14.3. The molecule has 0 fully saturated rings. The summed E-state index contributed by atoms with van der Waals surface area (Å²) < 4.78 is 168. The number of hydrogen-bond donors (Lipinski definition) is 0. The predicted octanol–water partition coefficient (Wildman–Crippen LogP) is 16.3. The molecule has 0 N–H and O–H groups in total. The van der Waals surface area contributed by atoms with Crippen molar-refractivity contribution < 1.29 is 81.9 Å². The second kappa shape index (κ2) is 25.9. The van der Waals surface area contributed by atoms with Crippen LogP contribution in [0.4, 0.5) is 52.7 Å². The predicted molar refractivity (Wildman–Crippen MR) is 295 cm³/mol. The topological polar surface area (TPSA) is 70.4 Å². The van der Waals surface area contributed by atoms with Crippen LogP contribution in [0.25, 0.3) is 79.3 Å². The molecule has 4 aromatic heterocycles. The molecule has 87 heavy (non-hydrogen) atoms. The molecule has 0 saturated carbocycles. The van der Waals surface area contributed by atoms with Gasteiger partial charge in [-0.15, -0.1) is 12.1 Å². The fourth-order valence-electron chi connectivity index (χ4n) is 9.08. The molecule has 0 aliphatic heterocycles. The van der Waals surface area contributed by atoms with E-state index >= 15 is 0 Å². The van der Waals surface area contributed by atoms with Gasteiger partial charge in [0.05, 0.1) is 51.0 Å².